The molecule has 1 aromatic heterocycles. The lowest BCUT2D eigenvalue weighted by Crippen LogP contribution is -2.37. The number of hydrogen-bond donors (Lipinski definition) is 2. The first-order valence-corrected chi connectivity index (χ1v) is 10.4. The Kier molecular flexibility index (Phi) is 7.43. The van der Waals surface area contributed by atoms with E-state index in [1.165, 1.54) is 36.6 Å². The van der Waals surface area contributed by atoms with E-state index in [-0.39, 0.29) is 17.5 Å². The molecule has 0 unspecified atom stereocenters. The standard InChI is InChI=1S/C19H14Cl2FN3O3S2/c1-27-16-4-2-10(6-13(16)22)14-9-30-19(23-14)25-18(29)24-17(26)8-28-15-5-3-11(20)7-12(15)21/h2-7,9H,8H2,1H3,(H2,23,24,25,26,29). The zero-order valence-corrected chi connectivity index (χ0v) is 18.5. The van der Waals surface area contributed by atoms with Gasteiger partial charge < -0.3 is 14.8 Å². The number of ether oxygens (including phenoxy) is 2. The molecule has 0 spiro atoms. The number of thiocarbonyl (C=S) groups is 1. The van der Waals surface area contributed by atoms with Gasteiger partial charge in [-0.3, -0.25) is 10.1 Å². The second kappa shape index (κ2) is 10.0. The van der Waals surface area contributed by atoms with Gasteiger partial charge in [0.1, 0.15) is 5.75 Å². The van der Waals surface area contributed by atoms with E-state index >= 15 is 0 Å². The van der Waals surface area contributed by atoms with Crippen molar-refractivity contribution < 1.29 is 18.7 Å². The number of carbonyl (C=O) groups is 1. The van der Waals surface area contributed by atoms with Gasteiger partial charge in [-0.25, -0.2) is 9.37 Å². The molecule has 2 aromatic carbocycles. The van der Waals surface area contributed by atoms with Crippen LogP contribution in [0.15, 0.2) is 41.8 Å². The van der Waals surface area contributed by atoms with Gasteiger partial charge in [0.15, 0.2) is 28.4 Å². The Morgan fingerprint density at radius 3 is 2.70 bits per heavy atom. The summed E-state index contributed by atoms with van der Waals surface area (Å²) in [5.74, 6) is -0.488. The summed E-state index contributed by atoms with van der Waals surface area (Å²) in [4.78, 5) is 16.4. The SMILES string of the molecule is COc1ccc(-c2csc(NC(=S)NC(=O)COc3ccc(Cl)cc3Cl)n2)cc1F. The topological polar surface area (TPSA) is 72.5 Å². The van der Waals surface area contributed by atoms with Crippen LogP contribution >= 0.6 is 46.8 Å². The Morgan fingerprint density at radius 2 is 2.00 bits per heavy atom. The van der Waals surface area contributed by atoms with Crippen molar-refractivity contribution >= 4 is 62.9 Å². The summed E-state index contributed by atoms with van der Waals surface area (Å²) in [6.45, 7) is -0.294. The van der Waals surface area contributed by atoms with E-state index in [0.717, 1.165) is 0 Å². The summed E-state index contributed by atoms with van der Waals surface area (Å²) in [6.07, 6.45) is 0. The summed E-state index contributed by atoms with van der Waals surface area (Å²) >= 11 is 18.2. The highest BCUT2D eigenvalue weighted by molar-refractivity contribution is 7.80. The van der Waals surface area contributed by atoms with Crippen molar-refractivity contribution in [3.05, 3.63) is 57.6 Å². The number of nitrogens with zero attached hydrogens (tertiary/aromatic N) is 1. The first kappa shape index (κ1) is 22.2. The summed E-state index contributed by atoms with van der Waals surface area (Å²) in [5, 5.41) is 8.26. The maximum absolute atomic E-state index is 13.9. The lowest BCUT2D eigenvalue weighted by atomic mass is 10.1. The highest BCUT2D eigenvalue weighted by Gasteiger charge is 2.12. The molecule has 0 aliphatic carbocycles. The van der Waals surface area contributed by atoms with Gasteiger partial charge in [-0.1, -0.05) is 23.2 Å². The molecule has 6 nitrogen and oxygen atoms in total. The van der Waals surface area contributed by atoms with Gasteiger partial charge in [0, 0.05) is 16.0 Å². The van der Waals surface area contributed by atoms with Crippen molar-refractivity contribution in [2.75, 3.05) is 19.0 Å². The summed E-state index contributed by atoms with van der Waals surface area (Å²) in [5.41, 5.74) is 1.14. The van der Waals surface area contributed by atoms with Gasteiger partial charge >= 0.3 is 0 Å². The number of amides is 1. The number of aromatic nitrogens is 1. The molecule has 1 amide bonds. The number of anilines is 1. The first-order chi connectivity index (χ1) is 14.4. The molecule has 0 radical (unpaired) electrons. The van der Waals surface area contributed by atoms with Crippen LogP contribution in [0.1, 0.15) is 0 Å². The molecule has 0 atom stereocenters. The molecule has 1 heterocycles. The Hall–Kier alpha value is -2.46. The van der Waals surface area contributed by atoms with Gasteiger partial charge in [-0.2, -0.15) is 0 Å². The van der Waals surface area contributed by atoms with Crippen LogP contribution in [0.5, 0.6) is 11.5 Å². The van der Waals surface area contributed by atoms with Crippen molar-refractivity contribution in [3.8, 4) is 22.8 Å². The third-order valence-electron chi connectivity index (χ3n) is 3.68. The molecule has 0 saturated heterocycles. The Bertz CT molecular complexity index is 1090. The van der Waals surface area contributed by atoms with Gasteiger partial charge in [-0.15, -0.1) is 11.3 Å². The Labute approximate surface area is 190 Å². The number of rotatable bonds is 6. The van der Waals surface area contributed by atoms with E-state index in [0.29, 0.717) is 32.2 Å². The van der Waals surface area contributed by atoms with Crippen LogP contribution in [0, 0.1) is 5.82 Å². The number of halogens is 3. The molecule has 0 bridgehead atoms. The summed E-state index contributed by atoms with van der Waals surface area (Å²) in [6, 6.07) is 9.22. The molecule has 0 aliphatic heterocycles. The van der Waals surface area contributed by atoms with Gasteiger partial charge in [0.05, 0.1) is 17.8 Å². The highest BCUT2D eigenvalue weighted by atomic mass is 35.5. The minimum atomic E-state index is -0.485. The second-order valence-corrected chi connectivity index (χ2v) is 7.86. The fourth-order valence-electron chi connectivity index (χ4n) is 2.32. The number of methoxy groups -OCH3 is 1. The Balaban J connectivity index is 1.53. The number of hydrogen-bond acceptors (Lipinski definition) is 6. The van der Waals surface area contributed by atoms with Crippen LogP contribution in [-0.4, -0.2) is 29.7 Å². The quantitative estimate of drug-likeness (QED) is 0.470. The molecule has 0 fully saturated rings. The molecule has 3 rings (SSSR count). The number of thiazole rings is 1. The summed E-state index contributed by atoms with van der Waals surface area (Å²) < 4.78 is 24.1. The average Bonchev–Trinajstić information content (AvgIpc) is 3.15. The second-order valence-electron chi connectivity index (χ2n) is 5.75. The van der Waals surface area contributed by atoms with Crippen LogP contribution < -0.4 is 20.1 Å². The fourth-order valence-corrected chi connectivity index (χ4v) is 3.78. The normalized spacial score (nSPS) is 10.4. The minimum absolute atomic E-state index is 0.0487. The molecular weight excluding hydrogens is 472 g/mol. The number of benzene rings is 2. The van der Waals surface area contributed by atoms with E-state index in [1.54, 1.807) is 23.6 Å². The van der Waals surface area contributed by atoms with E-state index < -0.39 is 11.7 Å². The predicted octanol–water partition coefficient (Wildman–Crippen LogP) is 5.16. The molecule has 0 aliphatic rings. The largest absolute Gasteiger partial charge is 0.494 e. The smallest absolute Gasteiger partial charge is 0.264 e. The third kappa shape index (κ3) is 5.79. The van der Waals surface area contributed by atoms with Gasteiger partial charge in [0.2, 0.25) is 0 Å². The van der Waals surface area contributed by atoms with Crippen LogP contribution in [0.2, 0.25) is 10.0 Å². The molecule has 2 N–H and O–H groups in total. The van der Waals surface area contributed by atoms with Crippen LogP contribution in [0.25, 0.3) is 11.3 Å². The van der Waals surface area contributed by atoms with Gasteiger partial charge in [0.25, 0.3) is 5.91 Å². The maximum atomic E-state index is 13.9. The van der Waals surface area contributed by atoms with Crippen molar-refractivity contribution in [1.82, 2.24) is 10.3 Å². The molecule has 3 aromatic rings. The van der Waals surface area contributed by atoms with Crippen molar-refractivity contribution in [1.29, 1.82) is 0 Å². The van der Waals surface area contributed by atoms with Crippen molar-refractivity contribution in [2.45, 2.75) is 0 Å². The molecule has 11 heteroatoms. The molecule has 156 valence electrons. The highest BCUT2D eigenvalue weighted by Crippen LogP contribution is 2.29. The minimum Gasteiger partial charge on any atom is -0.494 e. The van der Waals surface area contributed by atoms with Crippen molar-refractivity contribution in [3.63, 3.8) is 0 Å². The average molecular weight is 486 g/mol. The third-order valence-corrected chi connectivity index (χ3v) is 5.17. The Morgan fingerprint density at radius 1 is 1.23 bits per heavy atom. The molecule has 30 heavy (non-hydrogen) atoms. The van der Waals surface area contributed by atoms with E-state index in [9.17, 15) is 9.18 Å². The van der Waals surface area contributed by atoms with Gasteiger partial charge in [-0.05, 0) is 48.6 Å². The summed E-state index contributed by atoms with van der Waals surface area (Å²) in [7, 11) is 1.40. The van der Waals surface area contributed by atoms with Crippen LogP contribution in [-0.2, 0) is 4.79 Å². The molecule has 0 saturated carbocycles. The number of carbonyl (C=O) groups excluding carboxylic acids is 1. The van der Waals surface area contributed by atoms with Crippen molar-refractivity contribution in [2.24, 2.45) is 0 Å². The lowest BCUT2D eigenvalue weighted by Gasteiger charge is -2.10. The monoisotopic (exact) mass is 485 g/mol. The van der Waals surface area contributed by atoms with E-state index in [1.807, 2.05) is 0 Å². The van der Waals surface area contributed by atoms with Crippen LogP contribution in [0.3, 0.4) is 0 Å². The lowest BCUT2D eigenvalue weighted by molar-refractivity contribution is -0.121. The zero-order valence-electron chi connectivity index (χ0n) is 15.4. The fraction of sp³-hybridized carbons (Fsp3) is 0.105. The predicted molar refractivity (Wildman–Crippen MR) is 120 cm³/mol. The van der Waals surface area contributed by atoms with Crippen LogP contribution in [0.4, 0.5) is 9.52 Å². The number of nitrogens with one attached hydrogen (secondary N) is 2. The molecular formula is C19H14Cl2FN3O3S2. The van der Waals surface area contributed by atoms with E-state index in [4.69, 9.17) is 44.9 Å². The maximum Gasteiger partial charge on any atom is 0.264 e. The van der Waals surface area contributed by atoms with E-state index in [2.05, 4.69) is 15.6 Å². The zero-order chi connectivity index (χ0) is 21.7. The first-order valence-electron chi connectivity index (χ1n) is 8.34.